The van der Waals surface area contributed by atoms with Crippen molar-refractivity contribution in [2.24, 2.45) is 7.05 Å². The standard InChI is InChI=1S/C23H26N4O3/c1-17(23(29-3)9-5-4-6-10-23)20-16-27(13-14-30-20)22-25-19(15-21(28)26(22)2)18-7-11-24-12-8-18/h4-9,11-12,15,20H,1,10,13-14,16H2,2-3H3/t20-,23?/m0/s1. The lowest BCUT2D eigenvalue weighted by molar-refractivity contribution is 0.00849. The lowest BCUT2D eigenvalue weighted by atomic mass is 9.84. The monoisotopic (exact) mass is 406 g/mol. The Bertz CT molecular complexity index is 1040. The molecule has 2 atom stereocenters. The molecule has 0 radical (unpaired) electrons. The third-order valence-corrected chi connectivity index (χ3v) is 5.77. The Morgan fingerprint density at radius 1 is 1.33 bits per heavy atom. The first-order valence-electron chi connectivity index (χ1n) is 9.98. The molecule has 2 aromatic rings. The van der Waals surface area contributed by atoms with Crippen LogP contribution in [0.3, 0.4) is 0 Å². The Morgan fingerprint density at radius 3 is 2.83 bits per heavy atom. The van der Waals surface area contributed by atoms with Gasteiger partial charge in [-0.15, -0.1) is 0 Å². The van der Waals surface area contributed by atoms with Crippen LogP contribution in [0, 0.1) is 0 Å². The minimum Gasteiger partial charge on any atom is -0.370 e. The van der Waals surface area contributed by atoms with E-state index >= 15 is 0 Å². The molecule has 2 aliphatic rings. The van der Waals surface area contributed by atoms with E-state index in [4.69, 9.17) is 14.5 Å². The number of anilines is 1. The summed E-state index contributed by atoms with van der Waals surface area (Å²) in [4.78, 5) is 23.5. The summed E-state index contributed by atoms with van der Waals surface area (Å²) < 4.78 is 13.5. The van der Waals surface area contributed by atoms with E-state index < -0.39 is 5.60 Å². The van der Waals surface area contributed by atoms with Crippen LogP contribution in [0.15, 0.2) is 71.8 Å². The molecule has 0 spiro atoms. The van der Waals surface area contributed by atoms with Crippen molar-refractivity contribution in [3.63, 3.8) is 0 Å². The van der Waals surface area contributed by atoms with Crippen molar-refractivity contribution < 1.29 is 9.47 Å². The number of ether oxygens (including phenoxy) is 2. The van der Waals surface area contributed by atoms with Gasteiger partial charge in [0.1, 0.15) is 5.60 Å². The molecule has 1 fully saturated rings. The Labute approximate surface area is 176 Å². The molecule has 1 saturated heterocycles. The molecular formula is C23H26N4O3. The second-order valence-electron chi connectivity index (χ2n) is 7.49. The highest BCUT2D eigenvalue weighted by atomic mass is 16.5. The minimum absolute atomic E-state index is 0.109. The van der Waals surface area contributed by atoms with Gasteiger partial charge in [-0.25, -0.2) is 4.98 Å². The van der Waals surface area contributed by atoms with Gasteiger partial charge in [0.05, 0.1) is 24.9 Å². The molecule has 0 saturated carbocycles. The quantitative estimate of drug-likeness (QED) is 0.711. The van der Waals surface area contributed by atoms with Crippen molar-refractivity contribution in [3.05, 3.63) is 77.4 Å². The van der Waals surface area contributed by atoms with Crippen molar-refractivity contribution in [2.45, 2.75) is 18.1 Å². The van der Waals surface area contributed by atoms with Crippen molar-refractivity contribution in [2.75, 3.05) is 31.7 Å². The number of hydrogen-bond acceptors (Lipinski definition) is 6. The van der Waals surface area contributed by atoms with E-state index in [0.717, 1.165) is 11.1 Å². The first-order valence-corrected chi connectivity index (χ1v) is 9.98. The van der Waals surface area contributed by atoms with E-state index in [0.29, 0.717) is 37.8 Å². The smallest absolute Gasteiger partial charge is 0.255 e. The molecule has 7 nitrogen and oxygen atoms in total. The molecule has 4 rings (SSSR count). The van der Waals surface area contributed by atoms with Gasteiger partial charge in [-0.1, -0.05) is 24.8 Å². The van der Waals surface area contributed by atoms with Gasteiger partial charge < -0.3 is 14.4 Å². The average Bonchev–Trinajstić information content (AvgIpc) is 2.81. The summed E-state index contributed by atoms with van der Waals surface area (Å²) in [5, 5.41) is 0. The molecule has 0 aromatic carbocycles. The fourth-order valence-corrected chi connectivity index (χ4v) is 3.92. The van der Waals surface area contributed by atoms with E-state index in [9.17, 15) is 4.79 Å². The largest absolute Gasteiger partial charge is 0.370 e. The summed E-state index contributed by atoms with van der Waals surface area (Å²) in [5.74, 6) is 0.612. The Morgan fingerprint density at radius 2 is 2.13 bits per heavy atom. The Hall–Kier alpha value is -3.03. The number of nitrogens with zero attached hydrogens (tertiary/aromatic N) is 4. The predicted molar refractivity (Wildman–Crippen MR) is 116 cm³/mol. The fourth-order valence-electron chi connectivity index (χ4n) is 3.92. The zero-order valence-corrected chi connectivity index (χ0v) is 17.3. The van der Waals surface area contributed by atoms with Crippen LogP contribution in [-0.4, -0.2) is 53.0 Å². The summed E-state index contributed by atoms with van der Waals surface area (Å²) in [5.41, 5.74) is 1.66. The third-order valence-electron chi connectivity index (χ3n) is 5.77. The van der Waals surface area contributed by atoms with Gasteiger partial charge >= 0.3 is 0 Å². The third kappa shape index (κ3) is 3.74. The average molecular weight is 406 g/mol. The first-order chi connectivity index (χ1) is 14.5. The van der Waals surface area contributed by atoms with Crippen LogP contribution in [-0.2, 0) is 16.5 Å². The first kappa shape index (κ1) is 20.3. The van der Waals surface area contributed by atoms with Crippen molar-refractivity contribution >= 4 is 5.95 Å². The molecule has 0 N–H and O–H groups in total. The number of aromatic nitrogens is 3. The van der Waals surface area contributed by atoms with Gasteiger partial charge in [0.25, 0.3) is 5.56 Å². The maximum Gasteiger partial charge on any atom is 0.255 e. The number of methoxy groups -OCH3 is 1. The molecule has 156 valence electrons. The van der Waals surface area contributed by atoms with Crippen molar-refractivity contribution in [1.82, 2.24) is 14.5 Å². The molecule has 0 amide bonds. The number of morpholine rings is 1. The lowest BCUT2D eigenvalue weighted by Crippen LogP contribution is -2.49. The number of pyridine rings is 1. The molecule has 1 aliphatic heterocycles. The zero-order chi connectivity index (χ0) is 21.1. The van der Waals surface area contributed by atoms with Gasteiger partial charge in [0, 0.05) is 51.1 Å². The van der Waals surface area contributed by atoms with Gasteiger partial charge in [0.2, 0.25) is 5.95 Å². The second-order valence-corrected chi connectivity index (χ2v) is 7.49. The highest BCUT2D eigenvalue weighted by Gasteiger charge is 2.37. The van der Waals surface area contributed by atoms with Gasteiger partial charge in [-0.3, -0.25) is 14.3 Å². The van der Waals surface area contributed by atoms with Gasteiger partial charge in [0.15, 0.2) is 0 Å². The molecule has 1 unspecified atom stereocenters. The van der Waals surface area contributed by atoms with Crippen molar-refractivity contribution in [3.8, 4) is 11.3 Å². The van der Waals surface area contributed by atoms with E-state index in [1.165, 1.54) is 0 Å². The SMILES string of the molecule is C=C([C@@H]1CN(c2nc(-c3ccncc3)cc(=O)n2C)CCO1)C1(OC)C=CC=CC1. The normalized spacial score (nSPS) is 23.5. The minimum atomic E-state index is -0.583. The topological polar surface area (TPSA) is 69.5 Å². The lowest BCUT2D eigenvalue weighted by Gasteiger charge is -2.41. The van der Waals surface area contributed by atoms with Crippen LogP contribution in [0.1, 0.15) is 6.42 Å². The van der Waals surface area contributed by atoms with E-state index in [1.54, 1.807) is 37.2 Å². The van der Waals surface area contributed by atoms with E-state index in [1.807, 2.05) is 30.4 Å². The maximum atomic E-state index is 12.6. The molecule has 0 bridgehead atoms. The van der Waals surface area contributed by atoms with Crippen LogP contribution in [0.25, 0.3) is 11.3 Å². The summed E-state index contributed by atoms with van der Waals surface area (Å²) in [7, 11) is 3.43. The summed E-state index contributed by atoms with van der Waals surface area (Å²) in [6, 6.07) is 5.25. The van der Waals surface area contributed by atoms with Gasteiger partial charge in [-0.05, 0) is 23.8 Å². The summed E-state index contributed by atoms with van der Waals surface area (Å²) in [6.07, 6.45) is 11.9. The number of allylic oxidation sites excluding steroid dienone is 2. The van der Waals surface area contributed by atoms with Crippen LogP contribution >= 0.6 is 0 Å². The number of hydrogen-bond donors (Lipinski definition) is 0. The Kier molecular flexibility index (Phi) is 5.65. The van der Waals surface area contributed by atoms with Crippen LogP contribution in [0.5, 0.6) is 0 Å². The highest BCUT2D eigenvalue weighted by molar-refractivity contribution is 5.59. The molecule has 1 aliphatic carbocycles. The van der Waals surface area contributed by atoms with Crippen LogP contribution in [0.4, 0.5) is 5.95 Å². The van der Waals surface area contributed by atoms with Crippen molar-refractivity contribution in [1.29, 1.82) is 0 Å². The molecule has 3 heterocycles. The van der Waals surface area contributed by atoms with E-state index in [2.05, 4.69) is 22.5 Å². The highest BCUT2D eigenvalue weighted by Crippen LogP contribution is 2.33. The van der Waals surface area contributed by atoms with Gasteiger partial charge in [-0.2, -0.15) is 0 Å². The molecule has 30 heavy (non-hydrogen) atoms. The second kappa shape index (κ2) is 8.38. The molecular weight excluding hydrogens is 380 g/mol. The fraction of sp³-hybridized carbons (Fsp3) is 0.348. The van der Waals surface area contributed by atoms with Crippen LogP contribution < -0.4 is 10.5 Å². The Balaban J connectivity index is 1.63. The zero-order valence-electron chi connectivity index (χ0n) is 17.3. The molecule has 7 heteroatoms. The number of rotatable bonds is 5. The van der Waals surface area contributed by atoms with E-state index in [-0.39, 0.29) is 11.7 Å². The maximum absolute atomic E-state index is 12.6. The summed E-state index contributed by atoms with van der Waals surface area (Å²) in [6.45, 7) is 6.01. The van der Waals surface area contributed by atoms with Crippen LogP contribution in [0.2, 0.25) is 0 Å². The molecule has 2 aromatic heterocycles. The summed E-state index contributed by atoms with van der Waals surface area (Å²) >= 11 is 0. The predicted octanol–water partition coefficient (Wildman–Crippen LogP) is 2.51.